The van der Waals surface area contributed by atoms with Crippen LogP contribution >= 0.6 is 23.2 Å². The Morgan fingerprint density at radius 3 is 2.67 bits per heavy atom. The Balaban J connectivity index is 1.69. The third-order valence-corrected chi connectivity index (χ3v) is 3.64. The number of pyridine rings is 1. The van der Waals surface area contributed by atoms with Crippen LogP contribution in [0.2, 0.25) is 10.0 Å². The van der Waals surface area contributed by atoms with Gasteiger partial charge in [-0.3, -0.25) is 0 Å². The summed E-state index contributed by atoms with van der Waals surface area (Å²) in [6.45, 7) is 0. The van der Waals surface area contributed by atoms with Gasteiger partial charge in [0.1, 0.15) is 5.82 Å². The fourth-order valence-corrected chi connectivity index (χ4v) is 2.55. The van der Waals surface area contributed by atoms with E-state index in [1.54, 1.807) is 12.3 Å². The lowest BCUT2D eigenvalue weighted by molar-refractivity contribution is 1.03. The molecule has 2 nitrogen and oxygen atoms in total. The van der Waals surface area contributed by atoms with Gasteiger partial charge in [0, 0.05) is 18.2 Å². The van der Waals surface area contributed by atoms with Gasteiger partial charge in [-0.25, -0.2) is 4.98 Å². The Kier molecular flexibility index (Phi) is 3.14. The van der Waals surface area contributed by atoms with Gasteiger partial charge >= 0.3 is 0 Å². The summed E-state index contributed by atoms with van der Waals surface area (Å²) in [7, 11) is 0. The third-order valence-electron chi connectivity index (χ3n) is 3.15. The van der Waals surface area contributed by atoms with E-state index in [2.05, 4.69) is 34.6 Å². The zero-order valence-electron chi connectivity index (χ0n) is 9.61. The standard InChI is InChI=1S/C14H12Cl2N2/c15-10-6-12(16)14(17-8-10)18-13-7-11(13)9-4-2-1-3-5-9/h1-6,8,11,13H,7H2,(H,17,18). The van der Waals surface area contributed by atoms with E-state index in [4.69, 9.17) is 23.2 Å². The summed E-state index contributed by atoms with van der Waals surface area (Å²) >= 11 is 11.9. The van der Waals surface area contributed by atoms with Crippen molar-refractivity contribution in [3.05, 3.63) is 58.2 Å². The van der Waals surface area contributed by atoms with E-state index in [1.807, 2.05) is 6.07 Å². The van der Waals surface area contributed by atoms with Gasteiger partial charge in [0.15, 0.2) is 0 Å². The molecule has 1 N–H and O–H groups in total. The lowest BCUT2D eigenvalue weighted by atomic mass is 10.1. The number of hydrogen-bond acceptors (Lipinski definition) is 2. The van der Waals surface area contributed by atoms with Gasteiger partial charge in [-0.1, -0.05) is 53.5 Å². The molecule has 1 aliphatic carbocycles. The van der Waals surface area contributed by atoms with E-state index < -0.39 is 0 Å². The minimum Gasteiger partial charge on any atom is -0.365 e. The van der Waals surface area contributed by atoms with Crippen molar-refractivity contribution in [1.29, 1.82) is 0 Å². The largest absolute Gasteiger partial charge is 0.365 e. The van der Waals surface area contributed by atoms with Gasteiger partial charge in [0.25, 0.3) is 0 Å². The minimum absolute atomic E-state index is 0.415. The molecular formula is C14H12Cl2N2. The average Bonchev–Trinajstić information content (AvgIpc) is 3.13. The first-order valence-electron chi connectivity index (χ1n) is 5.86. The van der Waals surface area contributed by atoms with Crippen LogP contribution in [0.5, 0.6) is 0 Å². The molecule has 18 heavy (non-hydrogen) atoms. The van der Waals surface area contributed by atoms with Gasteiger partial charge in [-0.15, -0.1) is 0 Å². The molecule has 4 heteroatoms. The first kappa shape index (κ1) is 11.8. The predicted octanol–water partition coefficient (Wildman–Crippen LogP) is 4.36. The fraction of sp³-hybridized carbons (Fsp3) is 0.214. The van der Waals surface area contributed by atoms with Crippen molar-refractivity contribution in [1.82, 2.24) is 4.98 Å². The molecule has 1 saturated carbocycles. The van der Waals surface area contributed by atoms with Crippen LogP contribution < -0.4 is 5.32 Å². The van der Waals surface area contributed by atoms with Crippen LogP contribution in [0.4, 0.5) is 5.82 Å². The lowest BCUT2D eigenvalue weighted by Crippen LogP contribution is -2.06. The Morgan fingerprint density at radius 1 is 1.17 bits per heavy atom. The number of benzene rings is 1. The summed E-state index contributed by atoms with van der Waals surface area (Å²) in [5.41, 5.74) is 1.36. The van der Waals surface area contributed by atoms with Crippen LogP contribution in [0.15, 0.2) is 42.6 Å². The van der Waals surface area contributed by atoms with Gasteiger partial charge < -0.3 is 5.32 Å². The van der Waals surface area contributed by atoms with Crippen LogP contribution in [-0.4, -0.2) is 11.0 Å². The van der Waals surface area contributed by atoms with Crippen LogP contribution in [0, 0.1) is 0 Å². The number of rotatable bonds is 3. The lowest BCUT2D eigenvalue weighted by Gasteiger charge is -2.07. The molecule has 0 amide bonds. The molecule has 1 aliphatic rings. The molecule has 1 heterocycles. The molecule has 0 aliphatic heterocycles. The highest BCUT2D eigenvalue weighted by atomic mass is 35.5. The van der Waals surface area contributed by atoms with E-state index >= 15 is 0 Å². The highest BCUT2D eigenvalue weighted by Crippen LogP contribution is 2.43. The van der Waals surface area contributed by atoms with Crippen molar-refractivity contribution >= 4 is 29.0 Å². The molecule has 3 rings (SSSR count). The summed E-state index contributed by atoms with van der Waals surface area (Å²) < 4.78 is 0. The quantitative estimate of drug-likeness (QED) is 0.903. The van der Waals surface area contributed by atoms with Crippen LogP contribution in [-0.2, 0) is 0 Å². The van der Waals surface area contributed by atoms with Crippen LogP contribution in [0.1, 0.15) is 17.9 Å². The molecule has 0 bridgehead atoms. The third kappa shape index (κ3) is 2.45. The molecular weight excluding hydrogens is 267 g/mol. The first-order valence-corrected chi connectivity index (χ1v) is 6.62. The zero-order chi connectivity index (χ0) is 12.5. The predicted molar refractivity (Wildman–Crippen MR) is 75.5 cm³/mol. The Labute approximate surface area is 116 Å². The summed E-state index contributed by atoms with van der Waals surface area (Å²) in [5, 5.41) is 4.49. The molecule has 2 atom stereocenters. The van der Waals surface area contributed by atoms with E-state index in [1.165, 1.54) is 5.56 Å². The van der Waals surface area contributed by atoms with E-state index in [0.717, 1.165) is 6.42 Å². The molecule has 2 aromatic rings. The average molecular weight is 279 g/mol. The summed E-state index contributed by atoms with van der Waals surface area (Å²) in [4.78, 5) is 4.21. The van der Waals surface area contributed by atoms with Gasteiger partial charge in [-0.05, 0) is 18.1 Å². The number of nitrogens with one attached hydrogen (secondary N) is 1. The first-order chi connectivity index (χ1) is 8.74. The second-order valence-electron chi connectivity index (χ2n) is 4.49. The molecule has 2 unspecified atom stereocenters. The molecule has 1 fully saturated rings. The van der Waals surface area contributed by atoms with Crippen LogP contribution in [0.3, 0.4) is 0 Å². The normalized spacial score (nSPS) is 21.7. The smallest absolute Gasteiger partial charge is 0.145 e. The van der Waals surface area contributed by atoms with E-state index in [9.17, 15) is 0 Å². The fourth-order valence-electron chi connectivity index (χ4n) is 2.12. The van der Waals surface area contributed by atoms with Crippen molar-refractivity contribution < 1.29 is 0 Å². The minimum atomic E-state index is 0.415. The summed E-state index contributed by atoms with van der Waals surface area (Å²) in [6.07, 6.45) is 2.72. The monoisotopic (exact) mass is 278 g/mol. The van der Waals surface area contributed by atoms with E-state index in [0.29, 0.717) is 27.8 Å². The number of halogens is 2. The van der Waals surface area contributed by atoms with Crippen LogP contribution in [0.25, 0.3) is 0 Å². The second kappa shape index (κ2) is 4.79. The van der Waals surface area contributed by atoms with Gasteiger partial charge in [0.05, 0.1) is 10.0 Å². The molecule has 92 valence electrons. The number of nitrogens with zero attached hydrogens (tertiary/aromatic N) is 1. The van der Waals surface area contributed by atoms with Gasteiger partial charge in [0.2, 0.25) is 0 Å². The highest BCUT2D eigenvalue weighted by molar-refractivity contribution is 6.35. The molecule has 1 aromatic heterocycles. The zero-order valence-corrected chi connectivity index (χ0v) is 11.1. The summed E-state index contributed by atoms with van der Waals surface area (Å²) in [5.74, 6) is 1.27. The number of anilines is 1. The number of aromatic nitrogens is 1. The molecule has 1 aromatic carbocycles. The Morgan fingerprint density at radius 2 is 1.94 bits per heavy atom. The maximum Gasteiger partial charge on any atom is 0.145 e. The van der Waals surface area contributed by atoms with Crippen molar-refractivity contribution in [3.63, 3.8) is 0 Å². The second-order valence-corrected chi connectivity index (χ2v) is 5.33. The summed E-state index contributed by atoms with van der Waals surface area (Å²) in [6, 6.07) is 12.6. The molecule has 0 spiro atoms. The number of hydrogen-bond donors (Lipinski definition) is 1. The maximum atomic E-state index is 6.09. The molecule has 0 saturated heterocycles. The van der Waals surface area contributed by atoms with Crippen molar-refractivity contribution in [2.24, 2.45) is 0 Å². The highest BCUT2D eigenvalue weighted by Gasteiger charge is 2.38. The topological polar surface area (TPSA) is 24.9 Å². The van der Waals surface area contributed by atoms with Gasteiger partial charge in [-0.2, -0.15) is 0 Å². The van der Waals surface area contributed by atoms with Crippen molar-refractivity contribution in [2.45, 2.75) is 18.4 Å². The molecule has 0 radical (unpaired) electrons. The Hall–Kier alpha value is -1.25. The van der Waals surface area contributed by atoms with Crippen molar-refractivity contribution in [2.75, 3.05) is 5.32 Å². The Bertz CT molecular complexity index is 557. The van der Waals surface area contributed by atoms with Crippen molar-refractivity contribution in [3.8, 4) is 0 Å². The van der Waals surface area contributed by atoms with E-state index in [-0.39, 0.29) is 0 Å². The SMILES string of the molecule is Clc1cnc(NC2CC2c2ccccc2)c(Cl)c1. The maximum absolute atomic E-state index is 6.09.